The summed E-state index contributed by atoms with van der Waals surface area (Å²) in [5, 5.41) is 7.01. The molecule has 12 heavy (non-hydrogen) atoms. The zero-order valence-corrected chi connectivity index (χ0v) is 6.14. The Morgan fingerprint density at radius 2 is 1.25 bits per heavy atom. The Morgan fingerprint density at radius 1 is 0.833 bits per heavy atom. The summed E-state index contributed by atoms with van der Waals surface area (Å²) in [7, 11) is 0. The van der Waals surface area contributed by atoms with Gasteiger partial charge < -0.3 is 10.6 Å². The minimum absolute atomic E-state index is 0. The van der Waals surface area contributed by atoms with E-state index in [4.69, 9.17) is 0 Å². The highest BCUT2D eigenvalue weighted by Crippen LogP contribution is 2.06. The van der Waals surface area contributed by atoms with Gasteiger partial charge in [0.05, 0.1) is 0 Å². The molecule has 2 N–H and O–H groups in total. The first kappa shape index (κ1) is 11.7. The standard InChI is InChI=1S/C8H14N2.2CH4/c1-2-4-8-6-9-7(3-1)5-10-8;;/h1-2,7-10H,3-6H2;2*1H4/t7-,8-;;/m1../s1. The Balaban J connectivity index is 0.000000605. The van der Waals surface area contributed by atoms with Crippen LogP contribution in [0.3, 0.4) is 0 Å². The predicted molar refractivity (Wildman–Crippen MR) is 55.4 cm³/mol. The summed E-state index contributed by atoms with van der Waals surface area (Å²) in [5.41, 5.74) is 0. The van der Waals surface area contributed by atoms with Crippen LogP contribution in [-0.4, -0.2) is 25.2 Å². The summed E-state index contributed by atoms with van der Waals surface area (Å²) >= 11 is 0. The lowest BCUT2D eigenvalue weighted by Crippen LogP contribution is -2.54. The molecule has 0 aliphatic carbocycles. The molecule has 72 valence electrons. The number of hydrogen-bond acceptors (Lipinski definition) is 2. The maximum absolute atomic E-state index is 3.51. The normalized spacial score (nSPS) is 32.7. The highest BCUT2D eigenvalue weighted by atomic mass is 15.1. The molecule has 0 saturated carbocycles. The van der Waals surface area contributed by atoms with Crippen LogP contribution >= 0.6 is 0 Å². The number of nitrogens with one attached hydrogen (secondary N) is 2. The molecule has 1 saturated heterocycles. The fourth-order valence-corrected chi connectivity index (χ4v) is 1.62. The van der Waals surface area contributed by atoms with Gasteiger partial charge in [0.2, 0.25) is 0 Å². The molecule has 0 aromatic carbocycles. The minimum Gasteiger partial charge on any atom is -0.311 e. The Hall–Kier alpha value is -0.340. The van der Waals surface area contributed by atoms with E-state index in [0.29, 0.717) is 12.1 Å². The molecule has 0 aromatic heterocycles. The van der Waals surface area contributed by atoms with Crippen LogP contribution < -0.4 is 10.6 Å². The van der Waals surface area contributed by atoms with Crippen LogP contribution in [0.2, 0.25) is 0 Å². The van der Waals surface area contributed by atoms with Gasteiger partial charge in [-0.1, -0.05) is 27.0 Å². The van der Waals surface area contributed by atoms with Crippen molar-refractivity contribution >= 4 is 0 Å². The quantitative estimate of drug-likeness (QED) is 0.539. The van der Waals surface area contributed by atoms with Gasteiger partial charge >= 0.3 is 0 Å². The van der Waals surface area contributed by atoms with Gasteiger partial charge in [-0.05, 0) is 12.8 Å². The largest absolute Gasteiger partial charge is 0.311 e. The van der Waals surface area contributed by atoms with E-state index in [1.165, 1.54) is 12.8 Å². The van der Waals surface area contributed by atoms with Crippen LogP contribution in [0, 0.1) is 0 Å². The first-order valence-electron chi connectivity index (χ1n) is 4.07. The molecule has 2 atom stereocenters. The van der Waals surface area contributed by atoms with Gasteiger partial charge in [-0.25, -0.2) is 0 Å². The second kappa shape index (κ2) is 5.33. The maximum atomic E-state index is 3.51. The lowest BCUT2D eigenvalue weighted by Gasteiger charge is -2.31. The maximum Gasteiger partial charge on any atom is 0.0227 e. The smallest absolute Gasteiger partial charge is 0.0227 e. The van der Waals surface area contributed by atoms with E-state index in [1.54, 1.807) is 0 Å². The zero-order valence-electron chi connectivity index (χ0n) is 6.14. The van der Waals surface area contributed by atoms with Crippen LogP contribution in [0.15, 0.2) is 12.2 Å². The Bertz CT molecular complexity index is 119. The van der Waals surface area contributed by atoms with Crippen molar-refractivity contribution in [2.45, 2.75) is 39.8 Å². The second-order valence-electron chi connectivity index (χ2n) is 3.15. The molecular weight excluding hydrogens is 148 g/mol. The van der Waals surface area contributed by atoms with Gasteiger partial charge in [0, 0.05) is 25.2 Å². The van der Waals surface area contributed by atoms with E-state index < -0.39 is 0 Å². The summed E-state index contributed by atoms with van der Waals surface area (Å²) in [4.78, 5) is 0. The van der Waals surface area contributed by atoms with Crippen LogP contribution in [0.5, 0.6) is 0 Å². The minimum atomic E-state index is 0. The van der Waals surface area contributed by atoms with Crippen LogP contribution in [-0.2, 0) is 0 Å². The fourth-order valence-electron chi connectivity index (χ4n) is 1.62. The van der Waals surface area contributed by atoms with Crippen molar-refractivity contribution < 1.29 is 0 Å². The van der Waals surface area contributed by atoms with Gasteiger partial charge in [0.1, 0.15) is 0 Å². The van der Waals surface area contributed by atoms with Crippen molar-refractivity contribution in [2.75, 3.05) is 13.1 Å². The number of piperazine rings is 1. The highest BCUT2D eigenvalue weighted by molar-refractivity contribution is 4.97. The van der Waals surface area contributed by atoms with Crippen LogP contribution in [0.1, 0.15) is 27.7 Å². The van der Waals surface area contributed by atoms with Gasteiger partial charge in [-0.15, -0.1) is 0 Å². The van der Waals surface area contributed by atoms with E-state index in [2.05, 4.69) is 22.8 Å². The third kappa shape index (κ3) is 2.61. The van der Waals surface area contributed by atoms with Crippen molar-refractivity contribution in [2.24, 2.45) is 0 Å². The first-order valence-corrected chi connectivity index (χ1v) is 4.07. The van der Waals surface area contributed by atoms with Crippen molar-refractivity contribution in [3.05, 3.63) is 12.2 Å². The molecule has 0 unspecified atom stereocenters. The molecule has 2 heteroatoms. The summed E-state index contributed by atoms with van der Waals surface area (Å²) in [6, 6.07) is 1.38. The summed E-state index contributed by atoms with van der Waals surface area (Å²) < 4.78 is 0. The summed E-state index contributed by atoms with van der Waals surface area (Å²) in [6.07, 6.45) is 6.98. The Kier molecular flexibility index (Phi) is 5.18. The number of hydrogen-bond donors (Lipinski definition) is 2. The average molecular weight is 170 g/mol. The van der Waals surface area contributed by atoms with E-state index in [9.17, 15) is 0 Å². The van der Waals surface area contributed by atoms with Gasteiger partial charge in [0.15, 0.2) is 0 Å². The van der Waals surface area contributed by atoms with Gasteiger partial charge in [-0.2, -0.15) is 0 Å². The molecule has 3 heterocycles. The SMILES string of the molecule is C.C.C1=CC[C@@H]2CN[C@H](C1)CN2. The van der Waals surface area contributed by atoms with E-state index in [1.807, 2.05) is 0 Å². The predicted octanol–water partition coefficient (Wildman–Crippen LogP) is 1.54. The van der Waals surface area contributed by atoms with E-state index >= 15 is 0 Å². The lowest BCUT2D eigenvalue weighted by molar-refractivity contribution is 0.340. The number of fused-ring (bicyclic) bond motifs is 4. The Morgan fingerprint density at radius 3 is 1.58 bits per heavy atom. The van der Waals surface area contributed by atoms with Gasteiger partial charge in [0.25, 0.3) is 0 Å². The molecule has 2 bridgehead atoms. The zero-order chi connectivity index (χ0) is 6.81. The monoisotopic (exact) mass is 170 g/mol. The molecular formula is C10H22N2. The third-order valence-electron chi connectivity index (χ3n) is 2.31. The lowest BCUT2D eigenvalue weighted by atomic mass is 10.0. The first-order chi connectivity index (χ1) is 4.95. The Labute approximate surface area is 76.4 Å². The molecule has 3 rings (SSSR count). The van der Waals surface area contributed by atoms with Crippen molar-refractivity contribution in [3.63, 3.8) is 0 Å². The van der Waals surface area contributed by atoms with Crippen molar-refractivity contribution in [1.29, 1.82) is 0 Å². The third-order valence-corrected chi connectivity index (χ3v) is 2.31. The second-order valence-corrected chi connectivity index (χ2v) is 3.15. The molecule has 2 nitrogen and oxygen atoms in total. The van der Waals surface area contributed by atoms with E-state index in [0.717, 1.165) is 13.1 Å². The molecule has 1 fully saturated rings. The van der Waals surface area contributed by atoms with Crippen molar-refractivity contribution in [1.82, 2.24) is 10.6 Å². The topological polar surface area (TPSA) is 24.1 Å². The van der Waals surface area contributed by atoms with E-state index in [-0.39, 0.29) is 14.9 Å². The van der Waals surface area contributed by atoms with Gasteiger partial charge in [-0.3, -0.25) is 0 Å². The van der Waals surface area contributed by atoms with Crippen LogP contribution in [0.4, 0.5) is 0 Å². The summed E-state index contributed by atoms with van der Waals surface area (Å²) in [6.45, 7) is 2.30. The van der Waals surface area contributed by atoms with Crippen molar-refractivity contribution in [3.8, 4) is 0 Å². The summed E-state index contributed by atoms with van der Waals surface area (Å²) in [5.74, 6) is 0. The molecule has 3 aliphatic heterocycles. The molecule has 0 spiro atoms. The average Bonchev–Trinajstić information content (AvgIpc) is 1.89. The molecule has 3 aliphatic rings. The highest BCUT2D eigenvalue weighted by Gasteiger charge is 2.19. The molecule has 0 radical (unpaired) electrons. The molecule has 0 aromatic rings. The number of rotatable bonds is 0. The van der Waals surface area contributed by atoms with Crippen LogP contribution in [0.25, 0.3) is 0 Å². The fraction of sp³-hybridized carbons (Fsp3) is 0.800. The molecule has 0 amide bonds.